The van der Waals surface area contributed by atoms with Crippen LogP contribution in [-0.4, -0.2) is 12.4 Å². The van der Waals surface area contributed by atoms with Gasteiger partial charge in [-0.3, -0.25) is 0 Å². The summed E-state index contributed by atoms with van der Waals surface area (Å²) in [7, 11) is 1.67. The third kappa shape index (κ3) is 4.33. The summed E-state index contributed by atoms with van der Waals surface area (Å²) in [6.45, 7) is 0.580. The summed E-state index contributed by atoms with van der Waals surface area (Å²) < 4.78 is 12.2. The van der Waals surface area contributed by atoms with E-state index >= 15 is 0 Å². The Balaban J connectivity index is 1.97. The fourth-order valence-corrected chi connectivity index (χ4v) is 2.65. The predicted octanol–water partition coefficient (Wildman–Crippen LogP) is 5.11. The Labute approximate surface area is 136 Å². The van der Waals surface area contributed by atoms with Crippen LogP contribution < -0.4 is 4.74 Å². The Hall–Kier alpha value is -0.840. The molecule has 2 aromatic carbocycles. The van der Waals surface area contributed by atoms with E-state index in [-0.39, 0.29) is 6.10 Å². The summed E-state index contributed by atoms with van der Waals surface area (Å²) in [5, 5.41) is 0.769. The number of alkyl halides is 1. The van der Waals surface area contributed by atoms with Crippen LogP contribution in [-0.2, 0) is 11.3 Å². The molecule has 0 saturated heterocycles. The molecule has 0 N–H and O–H groups in total. The van der Waals surface area contributed by atoms with Gasteiger partial charge < -0.3 is 9.47 Å². The molecule has 2 nitrogen and oxygen atoms in total. The Kier molecular flexibility index (Phi) is 6.07. The maximum absolute atomic E-state index is 5.97. The smallest absolute Gasteiger partial charge is 0.118 e. The molecule has 0 bridgehead atoms. The number of ether oxygens (including phenoxy) is 2. The second kappa shape index (κ2) is 7.81. The lowest BCUT2D eigenvalue weighted by Gasteiger charge is -2.16. The normalized spacial score (nSPS) is 12.2. The van der Waals surface area contributed by atoms with Gasteiger partial charge in [0.25, 0.3) is 0 Å². The highest BCUT2D eigenvalue weighted by Gasteiger charge is 2.10. The fourth-order valence-electron chi connectivity index (χ4n) is 1.83. The van der Waals surface area contributed by atoms with Crippen LogP contribution in [0.25, 0.3) is 0 Å². The summed E-state index contributed by atoms with van der Waals surface area (Å²) in [6, 6.07) is 16.1. The predicted molar refractivity (Wildman–Crippen MR) is 88.5 cm³/mol. The lowest BCUT2D eigenvalue weighted by molar-refractivity contribution is 0.0566. The number of hydrogen-bond acceptors (Lipinski definition) is 2. The van der Waals surface area contributed by atoms with Crippen LogP contribution in [0.3, 0.4) is 0 Å². The second-order valence-corrected chi connectivity index (χ2v) is 5.92. The Morgan fingerprint density at radius 2 is 1.65 bits per heavy atom. The molecule has 0 aliphatic rings. The van der Waals surface area contributed by atoms with Gasteiger partial charge in [-0.2, -0.15) is 0 Å². The van der Waals surface area contributed by atoms with E-state index in [1.807, 2.05) is 36.4 Å². The molecule has 0 spiro atoms. The van der Waals surface area contributed by atoms with Gasteiger partial charge in [0.05, 0.1) is 19.8 Å². The van der Waals surface area contributed by atoms with Crippen molar-refractivity contribution in [1.29, 1.82) is 0 Å². The van der Waals surface area contributed by atoms with Crippen LogP contribution >= 0.6 is 31.9 Å². The number of halogens is 2. The van der Waals surface area contributed by atoms with E-state index in [1.165, 1.54) is 5.56 Å². The average Bonchev–Trinajstić information content (AvgIpc) is 2.50. The summed E-state index contributed by atoms with van der Waals surface area (Å²) in [6.07, 6.45) is 0.0465. The molecule has 106 valence electrons. The van der Waals surface area contributed by atoms with Gasteiger partial charge in [-0.25, -0.2) is 0 Å². The minimum Gasteiger partial charge on any atom is -0.497 e. The van der Waals surface area contributed by atoms with Crippen LogP contribution in [0.15, 0.2) is 53.0 Å². The molecule has 0 saturated carbocycles. The molecule has 0 aromatic heterocycles. The van der Waals surface area contributed by atoms with E-state index in [9.17, 15) is 0 Å². The maximum Gasteiger partial charge on any atom is 0.118 e. The van der Waals surface area contributed by atoms with Crippen molar-refractivity contribution in [3.8, 4) is 5.75 Å². The van der Waals surface area contributed by atoms with Crippen LogP contribution in [0.5, 0.6) is 5.75 Å². The quantitative estimate of drug-likeness (QED) is 0.628. The highest BCUT2D eigenvalue weighted by atomic mass is 79.9. The molecule has 0 amide bonds. The Morgan fingerprint density at radius 1 is 1.00 bits per heavy atom. The summed E-state index contributed by atoms with van der Waals surface area (Å²) in [5.74, 6) is 0.860. The van der Waals surface area contributed by atoms with Crippen molar-refractivity contribution in [3.63, 3.8) is 0 Å². The lowest BCUT2D eigenvalue weighted by atomic mass is 10.1. The van der Waals surface area contributed by atoms with Gasteiger partial charge in [-0.1, -0.05) is 56.1 Å². The zero-order chi connectivity index (χ0) is 14.4. The van der Waals surface area contributed by atoms with E-state index < -0.39 is 0 Å². The fraction of sp³-hybridized carbons (Fsp3) is 0.250. The number of hydrogen-bond donors (Lipinski definition) is 0. The molecule has 4 heteroatoms. The first kappa shape index (κ1) is 15.5. The number of rotatable bonds is 6. The summed E-state index contributed by atoms with van der Waals surface area (Å²) in [4.78, 5) is 0. The highest BCUT2D eigenvalue weighted by molar-refractivity contribution is 9.10. The van der Waals surface area contributed by atoms with E-state index in [1.54, 1.807) is 7.11 Å². The van der Waals surface area contributed by atoms with Crippen LogP contribution in [0.4, 0.5) is 0 Å². The molecular weight excluding hydrogens is 384 g/mol. The monoisotopic (exact) mass is 398 g/mol. The van der Waals surface area contributed by atoms with Crippen molar-refractivity contribution in [2.24, 2.45) is 0 Å². The third-order valence-electron chi connectivity index (χ3n) is 2.99. The Bertz CT molecular complexity index is 523. The molecule has 1 atom stereocenters. The SMILES string of the molecule is COc1ccc(COC(CBr)c2ccc(Br)cc2)cc1. The van der Waals surface area contributed by atoms with Gasteiger partial charge in [-0.15, -0.1) is 0 Å². The minimum atomic E-state index is 0.0465. The van der Waals surface area contributed by atoms with Crippen molar-refractivity contribution >= 4 is 31.9 Å². The zero-order valence-electron chi connectivity index (χ0n) is 11.2. The van der Waals surface area contributed by atoms with Crippen molar-refractivity contribution in [2.45, 2.75) is 12.7 Å². The third-order valence-corrected chi connectivity index (χ3v) is 4.11. The van der Waals surface area contributed by atoms with Gasteiger partial charge in [0.1, 0.15) is 5.75 Å². The molecule has 1 unspecified atom stereocenters. The van der Waals surface area contributed by atoms with Gasteiger partial charge in [0.15, 0.2) is 0 Å². The van der Waals surface area contributed by atoms with Crippen molar-refractivity contribution < 1.29 is 9.47 Å². The van der Waals surface area contributed by atoms with Crippen LogP contribution in [0.2, 0.25) is 0 Å². The molecule has 0 radical (unpaired) electrons. The van der Waals surface area contributed by atoms with Crippen molar-refractivity contribution in [2.75, 3.05) is 12.4 Å². The van der Waals surface area contributed by atoms with E-state index in [4.69, 9.17) is 9.47 Å². The van der Waals surface area contributed by atoms with Crippen LogP contribution in [0.1, 0.15) is 17.2 Å². The van der Waals surface area contributed by atoms with Crippen molar-refractivity contribution in [3.05, 3.63) is 64.1 Å². The average molecular weight is 400 g/mol. The maximum atomic E-state index is 5.97. The Morgan fingerprint density at radius 3 is 2.20 bits per heavy atom. The minimum absolute atomic E-state index is 0.0465. The lowest BCUT2D eigenvalue weighted by Crippen LogP contribution is -2.06. The number of benzene rings is 2. The van der Waals surface area contributed by atoms with Gasteiger partial charge in [0, 0.05) is 9.80 Å². The second-order valence-electron chi connectivity index (χ2n) is 4.35. The van der Waals surface area contributed by atoms with Gasteiger partial charge >= 0.3 is 0 Å². The molecule has 0 fully saturated rings. The standard InChI is InChI=1S/C16H16Br2O2/c1-19-15-8-2-12(3-9-15)11-20-16(10-17)13-4-6-14(18)7-5-13/h2-9,16H,10-11H2,1H3. The zero-order valence-corrected chi connectivity index (χ0v) is 14.4. The largest absolute Gasteiger partial charge is 0.497 e. The molecule has 2 rings (SSSR count). The molecule has 0 heterocycles. The summed E-state index contributed by atoms with van der Waals surface area (Å²) >= 11 is 6.95. The highest BCUT2D eigenvalue weighted by Crippen LogP contribution is 2.23. The van der Waals surface area contributed by atoms with Crippen molar-refractivity contribution in [1.82, 2.24) is 0 Å². The molecular formula is C16H16Br2O2. The van der Waals surface area contributed by atoms with Gasteiger partial charge in [-0.05, 0) is 35.4 Å². The summed E-state index contributed by atoms with van der Waals surface area (Å²) in [5.41, 5.74) is 2.30. The first-order chi connectivity index (χ1) is 9.72. The van der Waals surface area contributed by atoms with Gasteiger partial charge in [0.2, 0.25) is 0 Å². The molecule has 0 aliphatic heterocycles. The molecule has 20 heavy (non-hydrogen) atoms. The molecule has 0 aliphatic carbocycles. The van der Waals surface area contributed by atoms with Crippen LogP contribution in [0, 0.1) is 0 Å². The molecule has 2 aromatic rings. The van der Waals surface area contributed by atoms with E-state index in [2.05, 4.69) is 44.0 Å². The van der Waals surface area contributed by atoms with E-state index in [0.717, 1.165) is 21.1 Å². The first-order valence-corrected chi connectivity index (χ1v) is 8.20. The topological polar surface area (TPSA) is 18.5 Å². The first-order valence-electron chi connectivity index (χ1n) is 6.29. The van der Waals surface area contributed by atoms with E-state index in [0.29, 0.717) is 6.61 Å². The number of methoxy groups -OCH3 is 1.